The van der Waals surface area contributed by atoms with Crippen LogP contribution in [0.1, 0.15) is 18.5 Å². The fraction of sp³-hybridized carbons (Fsp3) is 0.385. The lowest BCUT2D eigenvalue weighted by atomic mass is 10.1. The summed E-state index contributed by atoms with van der Waals surface area (Å²) in [5.74, 6) is 1.75. The molecular formula is C13H17NO2. The second-order valence-electron chi connectivity index (χ2n) is 4.10. The van der Waals surface area contributed by atoms with Gasteiger partial charge in [0.05, 0.1) is 6.04 Å². The van der Waals surface area contributed by atoms with Crippen LogP contribution in [0.25, 0.3) is 0 Å². The SMILES string of the molecule is C=C(C)COc1ccc2c(c1)OCC2NC. The molecule has 0 spiro atoms. The predicted molar refractivity (Wildman–Crippen MR) is 64.0 cm³/mol. The molecule has 0 amide bonds. The van der Waals surface area contributed by atoms with Crippen molar-refractivity contribution in [3.8, 4) is 11.5 Å². The molecule has 1 atom stereocenters. The summed E-state index contributed by atoms with van der Waals surface area (Å²) >= 11 is 0. The molecule has 1 N–H and O–H groups in total. The van der Waals surface area contributed by atoms with E-state index >= 15 is 0 Å². The van der Waals surface area contributed by atoms with E-state index in [2.05, 4.69) is 18.0 Å². The monoisotopic (exact) mass is 219 g/mol. The lowest BCUT2D eigenvalue weighted by Crippen LogP contribution is -2.17. The molecule has 1 aliphatic heterocycles. The number of benzene rings is 1. The highest BCUT2D eigenvalue weighted by Gasteiger charge is 2.22. The van der Waals surface area contributed by atoms with E-state index < -0.39 is 0 Å². The highest BCUT2D eigenvalue weighted by molar-refractivity contribution is 5.45. The maximum Gasteiger partial charge on any atom is 0.127 e. The Morgan fingerprint density at radius 2 is 2.44 bits per heavy atom. The van der Waals surface area contributed by atoms with Crippen molar-refractivity contribution in [2.45, 2.75) is 13.0 Å². The Labute approximate surface area is 96.1 Å². The van der Waals surface area contributed by atoms with Gasteiger partial charge in [0.15, 0.2) is 0 Å². The molecule has 0 aliphatic carbocycles. The Morgan fingerprint density at radius 3 is 3.12 bits per heavy atom. The average molecular weight is 219 g/mol. The van der Waals surface area contributed by atoms with Gasteiger partial charge in [0.25, 0.3) is 0 Å². The summed E-state index contributed by atoms with van der Waals surface area (Å²) < 4.78 is 11.1. The number of fused-ring (bicyclic) bond motifs is 1. The first-order valence-electron chi connectivity index (χ1n) is 5.42. The van der Waals surface area contributed by atoms with Gasteiger partial charge in [-0.15, -0.1) is 0 Å². The third-order valence-electron chi connectivity index (χ3n) is 2.60. The Balaban J connectivity index is 2.12. The molecule has 1 unspecified atom stereocenters. The van der Waals surface area contributed by atoms with Gasteiger partial charge in [0.1, 0.15) is 24.7 Å². The second-order valence-corrected chi connectivity index (χ2v) is 4.10. The smallest absolute Gasteiger partial charge is 0.127 e. The molecule has 0 radical (unpaired) electrons. The van der Waals surface area contributed by atoms with Gasteiger partial charge in [0, 0.05) is 11.6 Å². The van der Waals surface area contributed by atoms with E-state index in [1.807, 2.05) is 26.1 Å². The lowest BCUT2D eigenvalue weighted by Gasteiger charge is -2.08. The van der Waals surface area contributed by atoms with Gasteiger partial charge in [0.2, 0.25) is 0 Å². The van der Waals surface area contributed by atoms with Crippen molar-refractivity contribution in [3.63, 3.8) is 0 Å². The zero-order chi connectivity index (χ0) is 11.5. The quantitative estimate of drug-likeness (QED) is 0.788. The van der Waals surface area contributed by atoms with Gasteiger partial charge in [-0.25, -0.2) is 0 Å². The van der Waals surface area contributed by atoms with E-state index in [0.29, 0.717) is 19.3 Å². The van der Waals surface area contributed by atoms with E-state index in [9.17, 15) is 0 Å². The van der Waals surface area contributed by atoms with E-state index in [-0.39, 0.29) is 0 Å². The van der Waals surface area contributed by atoms with Crippen LogP contribution in [-0.2, 0) is 0 Å². The molecule has 3 heteroatoms. The van der Waals surface area contributed by atoms with Crippen molar-refractivity contribution >= 4 is 0 Å². The summed E-state index contributed by atoms with van der Waals surface area (Å²) in [6.45, 7) is 6.99. The van der Waals surface area contributed by atoms with Crippen LogP contribution in [0, 0.1) is 0 Å². The minimum atomic E-state index is 0.296. The van der Waals surface area contributed by atoms with Crippen molar-refractivity contribution < 1.29 is 9.47 Å². The fourth-order valence-corrected chi connectivity index (χ4v) is 1.73. The van der Waals surface area contributed by atoms with Crippen molar-refractivity contribution in [3.05, 3.63) is 35.9 Å². The molecule has 0 bridgehead atoms. The minimum absolute atomic E-state index is 0.296. The molecule has 0 aromatic heterocycles. The molecule has 0 saturated carbocycles. The maximum atomic E-state index is 5.58. The van der Waals surface area contributed by atoms with E-state index in [4.69, 9.17) is 9.47 Å². The number of likely N-dealkylation sites (N-methyl/N-ethyl adjacent to an activating group) is 1. The Bertz CT molecular complexity index is 401. The summed E-state index contributed by atoms with van der Waals surface area (Å²) in [6.07, 6.45) is 0. The van der Waals surface area contributed by atoms with Crippen LogP contribution >= 0.6 is 0 Å². The third-order valence-corrected chi connectivity index (χ3v) is 2.60. The van der Waals surface area contributed by atoms with Crippen LogP contribution in [0.5, 0.6) is 11.5 Å². The molecule has 1 heterocycles. The number of hydrogen-bond acceptors (Lipinski definition) is 3. The normalized spacial score (nSPS) is 17.8. The van der Waals surface area contributed by atoms with Gasteiger partial charge >= 0.3 is 0 Å². The van der Waals surface area contributed by atoms with Crippen molar-refractivity contribution in [2.75, 3.05) is 20.3 Å². The number of hydrogen-bond donors (Lipinski definition) is 1. The van der Waals surface area contributed by atoms with Crippen LogP contribution in [0.15, 0.2) is 30.4 Å². The van der Waals surface area contributed by atoms with E-state index in [1.54, 1.807) is 0 Å². The molecule has 86 valence electrons. The zero-order valence-electron chi connectivity index (χ0n) is 9.75. The van der Waals surface area contributed by atoms with Crippen LogP contribution < -0.4 is 14.8 Å². The molecule has 1 aliphatic rings. The van der Waals surface area contributed by atoms with Crippen molar-refractivity contribution in [1.29, 1.82) is 0 Å². The average Bonchev–Trinajstić information content (AvgIpc) is 2.68. The first-order chi connectivity index (χ1) is 7.70. The van der Waals surface area contributed by atoms with Crippen molar-refractivity contribution in [2.24, 2.45) is 0 Å². The standard InChI is InChI=1S/C13H17NO2/c1-9(2)7-15-10-4-5-11-12(14-3)8-16-13(11)6-10/h4-6,12,14H,1,7-8H2,2-3H3. The predicted octanol–water partition coefficient (Wildman–Crippen LogP) is 2.29. The van der Waals surface area contributed by atoms with Gasteiger partial charge in [-0.3, -0.25) is 0 Å². The van der Waals surface area contributed by atoms with Gasteiger partial charge < -0.3 is 14.8 Å². The number of nitrogens with one attached hydrogen (secondary N) is 1. The van der Waals surface area contributed by atoms with Crippen LogP contribution in [-0.4, -0.2) is 20.3 Å². The molecule has 3 nitrogen and oxygen atoms in total. The van der Waals surface area contributed by atoms with Crippen LogP contribution in [0.3, 0.4) is 0 Å². The lowest BCUT2D eigenvalue weighted by molar-refractivity contribution is 0.314. The summed E-state index contributed by atoms with van der Waals surface area (Å²) in [6, 6.07) is 6.26. The van der Waals surface area contributed by atoms with Crippen LogP contribution in [0.2, 0.25) is 0 Å². The molecule has 0 fully saturated rings. The number of ether oxygens (including phenoxy) is 2. The topological polar surface area (TPSA) is 30.5 Å². The Kier molecular flexibility index (Phi) is 3.15. The number of rotatable bonds is 4. The van der Waals surface area contributed by atoms with Gasteiger partial charge in [-0.05, 0) is 31.7 Å². The van der Waals surface area contributed by atoms with Gasteiger partial charge in [-0.1, -0.05) is 6.58 Å². The maximum absolute atomic E-state index is 5.58. The zero-order valence-corrected chi connectivity index (χ0v) is 9.75. The third kappa shape index (κ3) is 2.19. The molecule has 16 heavy (non-hydrogen) atoms. The first kappa shape index (κ1) is 11.0. The first-order valence-corrected chi connectivity index (χ1v) is 5.42. The largest absolute Gasteiger partial charge is 0.491 e. The minimum Gasteiger partial charge on any atom is -0.491 e. The molecule has 1 aromatic rings. The summed E-state index contributed by atoms with van der Waals surface area (Å²) in [7, 11) is 1.94. The Hall–Kier alpha value is -1.48. The molecular weight excluding hydrogens is 202 g/mol. The van der Waals surface area contributed by atoms with Gasteiger partial charge in [-0.2, -0.15) is 0 Å². The second kappa shape index (κ2) is 4.58. The summed E-state index contributed by atoms with van der Waals surface area (Å²) in [5, 5.41) is 3.21. The Morgan fingerprint density at radius 1 is 1.62 bits per heavy atom. The van der Waals surface area contributed by atoms with Crippen LogP contribution in [0.4, 0.5) is 0 Å². The molecule has 2 rings (SSSR count). The highest BCUT2D eigenvalue weighted by Crippen LogP contribution is 2.34. The molecule has 1 aromatic carbocycles. The van der Waals surface area contributed by atoms with E-state index in [1.165, 1.54) is 5.56 Å². The highest BCUT2D eigenvalue weighted by atomic mass is 16.5. The summed E-state index contributed by atoms with van der Waals surface area (Å²) in [4.78, 5) is 0. The molecule has 0 saturated heterocycles. The van der Waals surface area contributed by atoms with E-state index in [0.717, 1.165) is 17.1 Å². The fourth-order valence-electron chi connectivity index (χ4n) is 1.73. The summed E-state index contributed by atoms with van der Waals surface area (Å²) in [5.41, 5.74) is 2.21. The van der Waals surface area contributed by atoms with Crippen molar-refractivity contribution in [1.82, 2.24) is 5.32 Å².